The number of hydrogen-bond acceptors (Lipinski definition) is 3. The first-order valence-corrected chi connectivity index (χ1v) is 12.7. The van der Waals surface area contributed by atoms with E-state index in [0.717, 1.165) is 10.6 Å². The van der Waals surface area contributed by atoms with Crippen LogP contribution in [0.25, 0.3) is 0 Å². The fourth-order valence-corrected chi connectivity index (χ4v) is 4.74. The number of nitrogens with one attached hydrogen (secondary N) is 1. The van der Waals surface area contributed by atoms with Crippen molar-refractivity contribution < 1.29 is 13.2 Å². The monoisotopic (exact) mass is 550 g/mol. The zero-order chi connectivity index (χ0) is 23.6. The van der Waals surface area contributed by atoms with Crippen LogP contribution in [0.1, 0.15) is 15.9 Å². The van der Waals surface area contributed by atoms with E-state index in [1.807, 2.05) is 0 Å². The summed E-state index contributed by atoms with van der Waals surface area (Å²) in [6, 6.07) is 14.1. The summed E-state index contributed by atoms with van der Waals surface area (Å²) in [5, 5.41) is 3.81. The number of nitrogens with zero attached hydrogens (tertiary/aromatic N) is 1. The molecule has 1 amide bonds. The molecule has 0 bridgehead atoms. The summed E-state index contributed by atoms with van der Waals surface area (Å²) in [6.45, 7) is -0.000580. The summed E-state index contributed by atoms with van der Waals surface area (Å²) < 4.78 is 25.9. The van der Waals surface area contributed by atoms with Gasteiger partial charge in [-0.1, -0.05) is 76.2 Å². The van der Waals surface area contributed by atoms with Crippen molar-refractivity contribution in [3.8, 4) is 0 Å². The average molecular weight is 553 g/mol. The second kappa shape index (κ2) is 10.1. The Kier molecular flexibility index (Phi) is 7.86. The van der Waals surface area contributed by atoms with E-state index in [4.69, 9.17) is 58.0 Å². The van der Waals surface area contributed by atoms with Gasteiger partial charge < -0.3 is 5.32 Å². The van der Waals surface area contributed by atoms with Gasteiger partial charge in [-0.05, 0) is 42.0 Å². The number of anilines is 2. The third-order valence-corrected chi connectivity index (χ3v) is 7.37. The van der Waals surface area contributed by atoms with Crippen molar-refractivity contribution in [2.24, 2.45) is 0 Å². The van der Waals surface area contributed by atoms with Crippen molar-refractivity contribution in [2.75, 3.05) is 15.9 Å². The molecular weight excluding hydrogens is 538 g/mol. The molecule has 0 aliphatic carbocycles. The van der Waals surface area contributed by atoms with E-state index in [2.05, 4.69) is 5.32 Å². The lowest BCUT2D eigenvalue weighted by Gasteiger charge is -2.24. The molecule has 3 aromatic rings. The van der Waals surface area contributed by atoms with Gasteiger partial charge in [-0.15, -0.1) is 0 Å². The van der Waals surface area contributed by atoms with Crippen LogP contribution in [-0.2, 0) is 16.6 Å². The van der Waals surface area contributed by atoms with E-state index in [9.17, 15) is 13.2 Å². The Morgan fingerprint density at radius 2 is 1.50 bits per heavy atom. The number of hydrogen-bond donors (Lipinski definition) is 1. The van der Waals surface area contributed by atoms with Gasteiger partial charge >= 0.3 is 0 Å². The molecular formula is C21H15Cl5N2O3S. The maximum absolute atomic E-state index is 12.6. The minimum atomic E-state index is -3.66. The molecule has 0 saturated carbocycles. The van der Waals surface area contributed by atoms with Crippen LogP contribution < -0.4 is 9.62 Å². The zero-order valence-corrected chi connectivity index (χ0v) is 21.0. The molecule has 0 heterocycles. The third kappa shape index (κ3) is 5.81. The van der Waals surface area contributed by atoms with Gasteiger partial charge in [0, 0.05) is 5.56 Å². The Labute approximate surface area is 210 Å². The van der Waals surface area contributed by atoms with Crippen LogP contribution in [-0.4, -0.2) is 20.6 Å². The van der Waals surface area contributed by atoms with Crippen LogP contribution in [0.5, 0.6) is 0 Å². The first kappa shape index (κ1) is 25.0. The lowest BCUT2D eigenvalue weighted by molar-refractivity contribution is 0.102. The fourth-order valence-electron chi connectivity index (χ4n) is 2.81. The number of carbonyl (C=O) groups excluding carboxylic acids is 1. The topological polar surface area (TPSA) is 66.5 Å². The van der Waals surface area contributed by atoms with E-state index >= 15 is 0 Å². The highest BCUT2D eigenvalue weighted by molar-refractivity contribution is 7.92. The van der Waals surface area contributed by atoms with Gasteiger partial charge in [0.2, 0.25) is 10.0 Å². The summed E-state index contributed by atoms with van der Waals surface area (Å²) in [6.07, 6.45) is 1.08. The average Bonchev–Trinajstić information content (AvgIpc) is 2.72. The number of amides is 1. The van der Waals surface area contributed by atoms with Gasteiger partial charge in [-0.25, -0.2) is 8.42 Å². The Hall–Kier alpha value is -1.67. The fraction of sp³-hybridized carbons (Fsp3) is 0.0952. The highest BCUT2D eigenvalue weighted by atomic mass is 35.5. The standard InChI is InChI=1S/C21H15Cl5N2O3S/c1-32(30,31)28(19-4-2-3-14(22)20(19)26)11-12-5-7-13(8-6-12)21(29)27-18-10-16(24)15(23)9-17(18)25/h2-10H,11H2,1H3,(H,27,29). The minimum Gasteiger partial charge on any atom is -0.321 e. The van der Waals surface area contributed by atoms with Gasteiger partial charge in [-0.3, -0.25) is 9.10 Å². The molecule has 0 aromatic heterocycles. The molecule has 0 radical (unpaired) electrons. The van der Waals surface area contributed by atoms with Crippen LogP contribution >= 0.6 is 58.0 Å². The summed E-state index contributed by atoms with van der Waals surface area (Å²) >= 11 is 30.2. The molecule has 0 atom stereocenters. The Balaban J connectivity index is 1.82. The van der Waals surface area contributed by atoms with E-state index < -0.39 is 15.9 Å². The Morgan fingerprint density at radius 3 is 2.12 bits per heavy atom. The Morgan fingerprint density at radius 1 is 0.875 bits per heavy atom. The first-order valence-electron chi connectivity index (χ1n) is 8.94. The molecule has 5 nitrogen and oxygen atoms in total. The summed E-state index contributed by atoms with van der Waals surface area (Å²) in [5.41, 5.74) is 1.55. The molecule has 3 aromatic carbocycles. The van der Waals surface area contributed by atoms with Crippen LogP contribution in [0.4, 0.5) is 11.4 Å². The SMILES string of the molecule is CS(=O)(=O)N(Cc1ccc(C(=O)Nc2cc(Cl)c(Cl)cc2Cl)cc1)c1cccc(Cl)c1Cl. The number of benzene rings is 3. The maximum Gasteiger partial charge on any atom is 0.255 e. The minimum absolute atomic E-state index is 0.000580. The second-order valence-electron chi connectivity index (χ2n) is 6.74. The summed E-state index contributed by atoms with van der Waals surface area (Å²) in [5.74, 6) is -0.422. The molecule has 0 unspecified atom stereocenters. The lowest BCUT2D eigenvalue weighted by Crippen LogP contribution is -2.29. The van der Waals surface area contributed by atoms with Crippen molar-refractivity contribution in [3.63, 3.8) is 0 Å². The summed E-state index contributed by atoms with van der Waals surface area (Å²) in [7, 11) is -3.66. The lowest BCUT2D eigenvalue weighted by atomic mass is 10.1. The maximum atomic E-state index is 12.6. The number of sulfonamides is 1. The van der Waals surface area contributed by atoms with Crippen molar-refractivity contribution in [2.45, 2.75) is 6.54 Å². The smallest absolute Gasteiger partial charge is 0.255 e. The van der Waals surface area contributed by atoms with Crippen molar-refractivity contribution >= 4 is 85.3 Å². The predicted octanol–water partition coefficient (Wildman–Crippen LogP) is 7.17. The zero-order valence-electron chi connectivity index (χ0n) is 16.4. The van der Waals surface area contributed by atoms with Crippen molar-refractivity contribution in [1.82, 2.24) is 0 Å². The van der Waals surface area contributed by atoms with E-state index in [1.54, 1.807) is 42.5 Å². The van der Waals surface area contributed by atoms with Crippen LogP contribution in [0, 0.1) is 0 Å². The third-order valence-electron chi connectivity index (χ3n) is 4.40. The van der Waals surface area contributed by atoms with E-state index in [-0.39, 0.29) is 37.3 Å². The highest BCUT2D eigenvalue weighted by Crippen LogP contribution is 2.35. The molecule has 0 aliphatic rings. The van der Waals surface area contributed by atoms with Gasteiger partial charge in [0.1, 0.15) is 0 Å². The number of rotatable bonds is 6. The molecule has 0 saturated heterocycles. The quantitative estimate of drug-likeness (QED) is 0.330. The molecule has 0 spiro atoms. The van der Waals surface area contributed by atoms with Gasteiger partial charge in [-0.2, -0.15) is 0 Å². The molecule has 0 aliphatic heterocycles. The van der Waals surface area contributed by atoms with Crippen molar-refractivity contribution in [1.29, 1.82) is 0 Å². The van der Waals surface area contributed by atoms with Gasteiger partial charge in [0.25, 0.3) is 5.91 Å². The van der Waals surface area contributed by atoms with Gasteiger partial charge in [0.15, 0.2) is 0 Å². The van der Waals surface area contributed by atoms with Crippen LogP contribution in [0.15, 0.2) is 54.6 Å². The first-order chi connectivity index (χ1) is 15.0. The largest absolute Gasteiger partial charge is 0.321 e. The van der Waals surface area contributed by atoms with Crippen LogP contribution in [0.3, 0.4) is 0 Å². The molecule has 32 heavy (non-hydrogen) atoms. The van der Waals surface area contributed by atoms with Crippen molar-refractivity contribution in [3.05, 3.63) is 90.8 Å². The number of halogens is 5. The molecule has 1 N–H and O–H groups in total. The predicted molar refractivity (Wildman–Crippen MR) is 133 cm³/mol. The molecule has 0 fully saturated rings. The van der Waals surface area contributed by atoms with E-state index in [1.165, 1.54) is 12.1 Å². The Bertz CT molecular complexity index is 1280. The molecule has 3 rings (SSSR count). The number of carbonyl (C=O) groups is 1. The molecule has 168 valence electrons. The van der Waals surface area contributed by atoms with E-state index in [0.29, 0.717) is 16.8 Å². The molecule has 11 heteroatoms. The normalized spacial score (nSPS) is 11.3. The highest BCUT2D eigenvalue weighted by Gasteiger charge is 2.22. The van der Waals surface area contributed by atoms with Crippen LogP contribution in [0.2, 0.25) is 25.1 Å². The van der Waals surface area contributed by atoms with Gasteiger partial charge in [0.05, 0.1) is 49.3 Å². The summed E-state index contributed by atoms with van der Waals surface area (Å²) in [4.78, 5) is 12.6. The second-order valence-corrected chi connectivity index (χ2v) is 10.7.